The molecule has 178 valence electrons. The normalized spacial score (nSPS) is 14.7. The average molecular weight is 469 g/mol. The van der Waals surface area contributed by atoms with Gasteiger partial charge in [-0.25, -0.2) is 9.97 Å². The van der Waals surface area contributed by atoms with E-state index in [2.05, 4.69) is 40.3 Å². The third-order valence-electron chi connectivity index (χ3n) is 6.78. The predicted octanol–water partition coefficient (Wildman–Crippen LogP) is 2.90. The Kier molecular flexibility index (Phi) is 5.94. The van der Waals surface area contributed by atoms with Gasteiger partial charge in [0.05, 0.1) is 0 Å². The number of pyridine rings is 1. The maximum absolute atomic E-state index is 13.6. The van der Waals surface area contributed by atoms with Gasteiger partial charge in [0.2, 0.25) is 5.91 Å². The van der Waals surface area contributed by atoms with E-state index < -0.39 is 11.9 Å². The Morgan fingerprint density at radius 2 is 1.91 bits per heavy atom. The molecular weight excluding hydrogens is 440 g/mol. The molecule has 1 aliphatic heterocycles. The largest absolute Gasteiger partial charge is 0.384 e. The first-order valence-corrected chi connectivity index (χ1v) is 11.8. The van der Waals surface area contributed by atoms with Crippen molar-refractivity contribution >= 4 is 28.3 Å². The van der Waals surface area contributed by atoms with Crippen molar-refractivity contribution in [3.05, 3.63) is 93.7 Å². The first kappa shape index (κ1) is 22.6. The van der Waals surface area contributed by atoms with Crippen LogP contribution in [-0.2, 0) is 24.2 Å². The summed E-state index contributed by atoms with van der Waals surface area (Å²) >= 11 is 0. The maximum Gasteiger partial charge on any atom is 0.294 e. The minimum absolute atomic E-state index is 0.289. The highest BCUT2D eigenvalue weighted by atomic mass is 16.2. The molecule has 0 saturated carbocycles. The number of anilines is 2. The number of aromatic nitrogens is 3. The van der Waals surface area contributed by atoms with Crippen molar-refractivity contribution in [3.63, 3.8) is 0 Å². The zero-order valence-electron chi connectivity index (χ0n) is 19.6. The van der Waals surface area contributed by atoms with Gasteiger partial charge in [0.1, 0.15) is 11.9 Å². The number of carbonyl (C=O) groups excluding carboxylic acids is 1. The number of aryl methyl sites for hydroxylation is 2. The van der Waals surface area contributed by atoms with E-state index in [4.69, 9.17) is 11.5 Å². The molecule has 2 aromatic carbocycles. The number of hydrogen-bond donors (Lipinski definition) is 2. The number of hydrogen-bond acceptors (Lipinski definition) is 6. The predicted molar refractivity (Wildman–Crippen MR) is 137 cm³/mol. The van der Waals surface area contributed by atoms with Crippen molar-refractivity contribution in [2.24, 2.45) is 5.73 Å². The number of nitrogens with zero attached hydrogens (tertiary/aromatic N) is 4. The van der Waals surface area contributed by atoms with E-state index in [9.17, 15) is 9.59 Å². The van der Waals surface area contributed by atoms with E-state index in [0.717, 1.165) is 17.0 Å². The van der Waals surface area contributed by atoms with Crippen LogP contribution in [0.4, 0.5) is 11.6 Å². The van der Waals surface area contributed by atoms with Gasteiger partial charge in [-0.05, 0) is 54.2 Å². The molecule has 0 spiro atoms. The lowest BCUT2D eigenvalue weighted by Gasteiger charge is -2.25. The summed E-state index contributed by atoms with van der Waals surface area (Å²) in [5.41, 5.74) is 14.8. The molecule has 0 saturated heterocycles. The Morgan fingerprint density at radius 1 is 1.11 bits per heavy atom. The van der Waals surface area contributed by atoms with Gasteiger partial charge in [-0.2, -0.15) is 0 Å². The van der Waals surface area contributed by atoms with Crippen LogP contribution in [0.25, 0.3) is 10.8 Å². The fraction of sp³-hybridized carbons (Fsp3) is 0.259. The van der Waals surface area contributed by atoms with Crippen LogP contribution in [0.2, 0.25) is 0 Å². The molecule has 1 amide bonds. The number of rotatable bonds is 7. The van der Waals surface area contributed by atoms with Crippen molar-refractivity contribution in [2.75, 3.05) is 17.2 Å². The molecule has 1 atom stereocenters. The second-order valence-corrected chi connectivity index (χ2v) is 9.00. The standard InChI is InChI=1S/C27H28N6O2/c1-17-20(9-12-24(28)31-17)16-32(14-13-19-7-4-6-18-5-2-3-8-22(18)19)26-27(35)33-21(15-30-26)10-11-23(33)25(29)34/h2-9,12,15,23H,10-11,13-14,16H2,1H3,(H2,28,31)(H2,29,34)/t23-/m0/s1. The lowest BCUT2D eigenvalue weighted by atomic mass is 10.0. The van der Waals surface area contributed by atoms with Gasteiger partial charge < -0.3 is 16.4 Å². The molecule has 5 rings (SSSR count). The van der Waals surface area contributed by atoms with Crippen LogP contribution in [0.3, 0.4) is 0 Å². The first-order valence-electron chi connectivity index (χ1n) is 11.8. The Bertz CT molecular complexity index is 1470. The number of nitrogens with two attached hydrogens (primary N) is 2. The van der Waals surface area contributed by atoms with E-state index in [1.54, 1.807) is 12.3 Å². The van der Waals surface area contributed by atoms with Crippen molar-refractivity contribution in [1.29, 1.82) is 0 Å². The molecular formula is C27H28N6O2. The van der Waals surface area contributed by atoms with Gasteiger partial charge in [0, 0.05) is 30.7 Å². The van der Waals surface area contributed by atoms with E-state index in [-0.39, 0.29) is 5.56 Å². The highest BCUT2D eigenvalue weighted by Crippen LogP contribution is 2.25. The van der Waals surface area contributed by atoms with Crippen LogP contribution in [-0.4, -0.2) is 27.0 Å². The second kappa shape index (κ2) is 9.21. The molecule has 2 aromatic heterocycles. The first-order chi connectivity index (χ1) is 16.9. The Morgan fingerprint density at radius 3 is 2.71 bits per heavy atom. The summed E-state index contributed by atoms with van der Waals surface area (Å²) in [6.45, 7) is 2.90. The zero-order chi connectivity index (χ0) is 24.5. The summed E-state index contributed by atoms with van der Waals surface area (Å²) in [6.07, 6.45) is 3.53. The van der Waals surface area contributed by atoms with Crippen molar-refractivity contribution in [1.82, 2.24) is 14.5 Å². The number of nitrogen functional groups attached to an aromatic ring is 1. The smallest absolute Gasteiger partial charge is 0.294 e. The molecule has 1 aliphatic rings. The number of fused-ring (bicyclic) bond motifs is 2. The molecule has 4 N–H and O–H groups in total. The third kappa shape index (κ3) is 4.35. The SMILES string of the molecule is Cc1nc(N)ccc1CN(CCc1cccc2ccccc12)c1ncc2n(c1=O)[C@H](C(N)=O)CC2. The van der Waals surface area contributed by atoms with Crippen LogP contribution in [0.1, 0.15) is 35.0 Å². The molecule has 8 nitrogen and oxygen atoms in total. The van der Waals surface area contributed by atoms with Crippen molar-refractivity contribution in [3.8, 4) is 0 Å². The third-order valence-corrected chi connectivity index (χ3v) is 6.78. The summed E-state index contributed by atoms with van der Waals surface area (Å²) < 4.78 is 1.52. The Labute approximate surface area is 203 Å². The Balaban J connectivity index is 1.53. The number of benzene rings is 2. The molecule has 0 fully saturated rings. The van der Waals surface area contributed by atoms with Crippen LogP contribution in [0.15, 0.2) is 65.6 Å². The van der Waals surface area contributed by atoms with E-state index >= 15 is 0 Å². The Hall–Kier alpha value is -4.20. The van der Waals surface area contributed by atoms with Crippen LogP contribution >= 0.6 is 0 Å². The fourth-order valence-electron chi connectivity index (χ4n) is 4.93. The van der Waals surface area contributed by atoms with E-state index in [0.29, 0.717) is 44.0 Å². The summed E-state index contributed by atoms with van der Waals surface area (Å²) in [6, 6.07) is 17.6. The van der Waals surface area contributed by atoms with Crippen LogP contribution in [0.5, 0.6) is 0 Å². The zero-order valence-corrected chi connectivity index (χ0v) is 19.6. The van der Waals surface area contributed by atoms with Crippen molar-refractivity contribution in [2.45, 2.75) is 38.8 Å². The minimum Gasteiger partial charge on any atom is -0.384 e. The van der Waals surface area contributed by atoms with Gasteiger partial charge in [-0.3, -0.25) is 14.2 Å². The van der Waals surface area contributed by atoms with Gasteiger partial charge in [0.15, 0.2) is 5.82 Å². The van der Waals surface area contributed by atoms with Gasteiger partial charge in [-0.1, -0.05) is 48.5 Å². The molecule has 0 unspecified atom stereocenters. The fourth-order valence-corrected chi connectivity index (χ4v) is 4.93. The monoisotopic (exact) mass is 468 g/mol. The number of primary amides is 1. The second-order valence-electron chi connectivity index (χ2n) is 9.00. The molecule has 3 heterocycles. The van der Waals surface area contributed by atoms with Crippen LogP contribution in [0, 0.1) is 6.92 Å². The molecule has 4 aromatic rings. The van der Waals surface area contributed by atoms with E-state index in [1.807, 2.05) is 30.0 Å². The van der Waals surface area contributed by atoms with E-state index in [1.165, 1.54) is 20.9 Å². The van der Waals surface area contributed by atoms with Crippen LogP contribution < -0.4 is 21.9 Å². The molecule has 35 heavy (non-hydrogen) atoms. The maximum atomic E-state index is 13.6. The summed E-state index contributed by atoms with van der Waals surface area (Å²) in [7, 11) is 0. The quantitative estimate of drug-likeness (QED) is 0.430. The minimum atomic E-state index is -0.640. The highest BCUT2D eigenvalue weighted by Gasteiger charge is 2.30. The lowest BCUT2D eigenvalue weighted by Crippen LogP contribution is -2.38. The molecule has 0 bridgehead atoms. The molecule has 8 heteroatoms. The number of amides is 1. The van der Waals surface area contributed by atoms with Gasteiger partial charge in [-0.15, -0.1) is 0 Å². The van der Waals surface area contributed by atoms with Gasteiger partial charge in [0.25, 0.3) is 5.56 Å². The summed E-state index contributed by atoms with van der Waals surface area (Å²) in [5, 5.41) is 2.36. The molecule has 0 radical (unpaired) electrons. The van der Waals surface area contributed by atoms with Gasteiger partial charge >= 0.3 is 0 Å². The lowest BCUT2D eigenvalue weighted by molar-refractivity contribution is -0.121. The summed E-state index contributed by atoms with van der Waals surface area (Å²) in [5.74, 6) is 0.260. The number of carbonyl (C=O) groups is 1. The highest BCUT2D eigenvalue weighted by molar-refractivity contribution is 5.85. The van der Waals surface area contributed by atoms with Crippen molar-refractivity contribution < 1.29 is 4.79 Å². The summed E-state index contributed by atoms with van der Waals surface area (Å²) in [4.78, 5) is 36.5. The molecule has 0 aliphatic carbocycles. The average Bonchev–Trinajstić information content (AvgIpc) is 3.29. The topological polar surface area (TPSA) is 120 Å².